The van der Waals surface area contributed by atoms with Crippen LogP contribution in [-0.4, -0.2) is 29.0 Å². The molecule has 1 heterocycles. The molecule has 0 bridgehead atoms. The number of urea groups is 1. The molecule has 108 valence electrons. The first-order chi connectivity index (χ1) is 9.47. The van der Waals surface area contributed by atoms with E-state index in [0.717, 1.165) is 42.7 Å². The Balaban J connectivity index is 2.07. The van der Waals surface area contributed by atoms with Gasteiger partial charge < -0.3 is 16.0 Å². The fraction of sp³-hybridized carbons (Fsp3) is 0.467. The predicted molar refractivity (Wildman–Crippen MR) is 86.1 cm³/mol. The predicted octanol–water partition coefficient (Wildman–Crippen LogP) is 2.89. The zero-order valence-corrected chi connectivity index (χ0v) is 12.8. The number of carbonyl (C=O) groups excluding carboxylic acids is 1. The van der Waals surface area contributed by atoms with Crippen LogP contribution < -0.4 is 11.1 Å². The Morgan fingerprint density at radius 2 is 2.05 bits per heavy atom. The van der Waals surface area contributed by atoms with Crippen molar-refractivity contribution >= 4 is 28.9 Å². The van der Waals surface area contributed by atoms with Gasteiger partial charge in [0.05, 0.1) is 0 Å². The number of thiocarbonyl (C=S) groups is 1. The van der Waals surface area contributed by atoms with Gasteiger partial charge in [-0.2, -0.15) is 0 Å². The molecule has 0 unspecified atom stereocenters. The summed E-state index contributed by atoms with van der Waals surface area (Å²) in [6, 6.07) is 5.58. The van der Waals surface area contributed by atoms with Gasteiger partial charge in [0.1, 0.15) is 4.99 Å². The molecule has 20 heavy (non-hydrogen) atoms. The molecule has 0 saturated carbocycles. The number of likely N-dealkylation sites (tertiary alicyclic amines) is 1. The lowest BCUT2D eigenvalue weighted by Crippen LogP contribution is -2.40. The van der Waals surface area contributed by atoms with Gasteiger partial charge in [-0.1, -0.05) is 31.3 Å². The van der Waals surface area contributed by atoms with Crippen LogP contribution in [0.1, 0.15) is 30.9 Å². The van der Waals surface area contributed by atoms with E-state index in [1.807, 2.05) is 30.0 Å². The summed E-state index contributed by atoms with van der Waals surface area (Å²) in [5, 5.41) is 2.96. The molecule has 3 N–H and O–H groups in total. The third-order valence-corrected chi connectivity index (χ3v) is 4.07. The summed E-state index contributed by atoms with van der Waals surface area (Å²) in [4.78, 5) is 14.5. The van der Waals surface area contributed by atoms with Crippen LogP contribution in [-0.2, 0) is 0 Å². The number of piperidine rings is 1. The second-order valence-electron chi connectivity index (χ2n) is 5.49. The number of aryl methyl sites for hydroxylation is 1. The number of amides is 2. The number of benzene rings is 1. The first-order valence-corrected chi connectivity index (χ1v) is 7.34. The second kappa shape index (κ2) is 6.22. The number of nitrogens with one attached hydrogen (secondary N) is 1. The summed E-state index contributed by atoms with van der Waals surface area (Å²) in [6.45, 7) is 5.82. The zero-order valence-electron chi connectivity index (χ0n) is 12.0. The van der Waals surface area contributed by atoms with Gasteiger partial charge in [0.25, 0.3) is 0 Å². The lowest BCUT2D eigenvalue weighted by Gasteiger charge is -2.30. The zero-order chi connectivity index (χ0) is 14.7. The molecule has 0 atom stereocenters. The minimum Gasteiger partial charge on any atom is -0.389 e. The Kier molecular flexibility index (Phi) is 4.60. The van der Waals surface area contributed by atoms with E-state index < -0.39 is 0 Å². The molecule has 1 fully saturated rings. The third-order valence-electron chi connectivity index (χ3n) is 3.83. The van der Waals surface area contributed by atoms with Crippen molar-refractivity contribution in [3.63, 3.8) is 0 Å². The molecular weight excluding hydrogens is 270 g/mol. The van der Waals surface area contributed by atoms with Gasteiger partial charge in [-0.05, 0) is 37.3 Å². The minimum atomic E-state index is -0.0416. The topological polar surface area (TPSA) is 58.4 Å². The van der Waals surface area contributed by atoms with Crippen molar-refractivity contribution < 1.29 is 4.79 Å². The van der Waals surface area contributed by atoms with E-state index in [1.165, 1.54) is 0 Å². The Bertz CT molecular complexity index is 522. The molecule has 0 spiro atoms. The van der Waals surface area contributed by atoms with Gasteiger partial charge in [-0.25, -0.2) is 4.79 Å². The number of carbonyl (C=O) groups is 1. The summed E-state index contributed by atoms with van der Waals surface area (Å²) in [6.07, 6.45) is 2.14. The van der Waals surface area contributed by atoms with E-state index in [-0.39, 0.29) is 6.03 Å². The van der Waals surface area contributed by atoms with Crippen molar-refractivity contribution in [1.29, 1.82) is 0 Å². The Hall–Kier alpha value is -1.62. The highest BCUT2D eigenvalue weighted by Crippen LogP contribution is 2.20. The summed E-state index contributed by atoms with van der Waals surface area (Å²) in [7, 11) is 0. The van der Waals surface area contributed by atoms with Gasteiger partial charge >= 0.3 is 6.03 Å². The molecule has 1 aromatic rings. The van der Waals surface area contributed by atoms with Crippen LogP contribution in [0.5, 0.6) is 0 Å². The monoisotopic (exact) mass is 291 g/mol. The largest absolute Gasteiger partial charge is 0.389 e. The fourth-order valence-corrected chi connectivity index (χ4v) is 2.44. The maximum atomic E-state index is 12.3. The Morgan fingerprint density at radius 1 is 1.40 bits per heavy atom. The highest BCUT2D eigenvalue weighted by molar-refractivity contribution is 7.80. The number of hydrogen-bond acceptors (Lipinski definition) is 2. The van der Waals surface area contributed by atoms with Crippen LogP contribution in [0.25, 0.3) is 0 Å². The van der Waals surface area contributed by atoms with Crippen molar-refractivity contribution in [3.8, 4) is 0 Å². The number of anilines is 1. The van der Waals surface area contributed by atoms with Crippen LogP contribution in [0, 0.1) is 12.8 Å². The van der Waals surface area contributed by atoms with Crippen molar-refractivity contribution in [1.82, 2.24) is 4.90 Å². The van der Waals surface area contributed by atoms with Gasteiger partial charge in [-0.15, -0.1) is 0 Å². The van der Waals surface area contributed by atoms with Crippen molar-refractivity contribution in [2.45, 2.75) is 26.7 Å². The molecule has 2 rings (SSSR count). The van der Waals surface area contributed by atoms with Crippen LogP contribution in [0.3, 0.4) is 0 Å². The summed E-state index contributed by atoms with van der Waals surface area (Å²) < 4.78 is 0. The SMILES string of the molecule is Cc1ccc(C(N)=S)cc1NC(=O)N1CCC(C)CC1. The maximum absolute atomic E-state index is 12.3. The number of rotatable bonds is 2. The van der Waals surface area contributed by atoms with Crippen LogP contribution in [0.2, 0.25) is 0 Å². The number of hydrogen-bond donors (Lipinski definition) is 2. The molecule has 1 aromatic carbocycles. The quantitative estimate of drug-likeness (QED) is 0.824. The van der Waals surface area contributed by atoms with Crippen LogP contribution in [0.4, 0.5) is 10.5 Å². The second-order valence-corrected chi connectivity index (χ2v) is 5.93. The molecule has 5 heteroatoms. The standard InChI is InChI=1S/C15H21N3OS/c1-10-5-7-18(8-6-10)15(19)17-13-9-12(14(16)20)4-3-11(13)2/h3-4,9-10H,5-8H2,1-2H3,(H2,16,20)(H,17,19). The number of nitrogens with two attached hydrogens (primary N) is 1. The summed E-state index contributed by atoms with van der Waals surface area (Å²) in [5.74, 6) is 0.707. The molecule has 4 nitrogen and oxygen atoms in total. The lowest BCUT2D eigenvalue weighted by atomic mass is 10.00. The van der Waals surface area contributed by atoms with Crippen LogP contribution in [0.15, 0.2) is 18.2 Å². The Morgan fingerprint density at radius 3 is 2.65 bits per heavy atom. The Labute approximate surface area is 125 Å². The summed E-state index contributed by atoms with van der Waals surface area (Å²) >= 11 is 4.97. The molecule has 0 aromatic heterocycles. The molecule has 0 aliphatic carbocycles. The highest BCUT2D eigenvalue weighted by atomic mass is 32.1. The first-order valence-electron chi connectivity index (χ1n) is 6.93. The highest BCUT2D eigenvalue weighted by Gasteiger charge is 2.20. The molecular formula is C15H21N3OS. The van der Waals surface area contributed by atoms with Crippen molar-refractivity contribution in [2.75, 3.05) is 18.4 Å². The van der Waals surface area contributed by atoms with E-state index in [4.69, 9.17) is 18.0 Å². The van der Waals surface area contributed by atoms with Crippen molar-refractivity contribution in [3.05, 3.63) is 29.3 Å². The maximum Gasteiger partial charge on any atom is 0.321 e. The van der Waals surface area contributed by atoms with Gasteiger partial charge in [0, 0.05) is 24.3 Å². The molecule has 0 radical (unpaired) electrons. The van der Waals surface area contributed by atoms with E-state index in [1.54, 1.807) is 0 Å². The number of nitrogens with zero attached hydrogens (tertiary/aromatic N) is 1. The van der Waals surface area contributed by atoms with Gasteiger partial charge in [-0.3, -0.25) is 0 Å². The van der Waals surface area contributed by atoms with Gasteiger partial charge in [0.15, 0.2) is 0 Å². The van der Waals surface area contributed by atoms with Crippen LogP contribution >= 0.6 is 12.2 Å². The van der Waals surface area contributed by atoms with E-state index in [9.17, 15) is 4.79 Å². The van der Waals surface area contributed by atoms with E-state index in [0.29, 0.717) is 10.9 Å². The fourth-order valence-electron chi connectivity index (χ4n) is 2.32. The third kappa shape index (κ3) is 3.48. The minimum absolute atomic E-state index is 0.0416. The van der Waals surface area contributed by atoms with Gasteiger partial charge in [0.2, 0.25) is 0 Å². The average Bonchev–Trinajstić information content (AvgIpc) is 2.41. The van der Waals surface area contributed by atoms with Crippen molar-refractivity contribution in [2.24, 2.45) is 11.7 Å². The molecule has 1 aliphatic rings. The molecule has 1 saturated heterocycles. The average molecular weight is 291 g/mol. The molecule has 2 amide bonds. The normalized spacial score (nSPS) is 16.0. The van der Waals surface area contributed by atoms with E-state index in [2.05, 4.69) is 12.2 Å². The molecule has 1 aliphatic heterocycles. The smallest absolute Gasteiger partial charge is 0.321 e. The van der Waals surface area contributed by atoms with E-state index >= 15 is 0 Å². The summed E-state index contributed by atoms with van der Waals surface area (Å²) in [5.41, 5.74) is 8.18. The lowest BCUT2D eigenvalue weighted by molar-refractivity contribution is 0.186. The first kappa shape index (κ1) is 14.8.